The van der Waals surface area contributed by atoms with Gasteiger partial charge in [-0.3, -0.25) is 0 Å². The van der Waals surface area contributed by atoms with Crippen LogP contribution in [0.2, 0.25) is 0 Å². The lowest BCUT2D eigenvalue weighted by Crippen LogP contribution is -1.89. The average molecular weight is 221 g/mol. The molecular formula is C16H15N. The number of rotatable bonds is 0. The monoisotopic (exact) mass is 221 g/mol. The van der Waals surface area contributed by atoms with Gasteiger partial charge in [0.2, 0.25) is 0 Å². The number of aromatic nitrogens is 1. The SMILES string of the molecule is Cc1ccc2nc3c(C)c(C)ccc3cc2c1. The number of fused-ring (bicyclic) bond motifs is 2. The van der Waals surface area contributed by atoms with Crippen molar-refractivity contribution in [2.45, 2.75) is 20.8 Å². The summed E-state index contributed by atoms with van der Waals surface area (Å²) in [4.78, 5) is 4.78. The van der Waals surface area contributed by atoms with Gasteiger partial charge in [-0.05, 0) is 50.1 Å². The van der Waals surface area contributed by atoms with E-state index in [1.54, 1.807) is 0 Å². The molecule has 0 bridgehead atoms. The summed E-state index contributed by atoms with van der Waals surface area (Å²) in [5.74, 6) is 0. The average Bonchev–Trinajstić information content (AvgIpc) is 2.32. The topological polar surface area (TPSA) is 12.9 Å². The van der Waals surface area contributed by atoms with E-state index in [2.05, 4.69) is 57.2 Å². The minimum absolute atomic E-state index is 1.08. The van der Waals surface area contributed by atoms with Crippen LogP contribution in [0.1, 0.15) is 16.7 Å². The molecule has 3 aromatic rings. The number of aryl methyl sites for hydroxylation is 3. The van der Waals surface area contributed by atoms with Gasteiger partial charge in [0.05, 0.1) is 11.0 Å². The molecule has 1 heterocycles. The third-order valence-corrected chi connectivity index (χ3v) is 3.46. The molecule has 0 unspecified atom stereocenters. The molecule has 1 nitrogen and oxygen atoms in total. The summed E-state index contributed by atoms with van der Waals surface area (Å²) in [6.07, 6.45) is 0. The Balaban J connectivity index is 2.48. The highest BCUT2D eigenvalue weighted by Gasteiger charge is 2.04. The molecule has 0 aliphatic heterocycles. The van der Waals surface area contributed by atoms with Crippen LogP contribution in [0, 0.1) is 20.8 Å². The predicted octanol–water partition coefficient (Wildman–Crippen LogP) is 4.31. The van der Waals surface area contributed by atoms with E-state index in [9.17, 15) is 0 Å². The molecule has 0 spiro atoms. The number of pyridine rings is 1. The summed E-state index contributed by atoms with van der Waals surface area (Å²) in [5, 5.41) is 2.45. The van der Waals surface area contributed by atoms with Crippen LogP contribution in [0.15, 0.2) is 36.4 Å². The second-order valence-electron chi connectivity index (χ2n) is 4.76. The van der Waals surface area contributed by atoms with Crippen molar-refractivity contribution in [1.29, 1.82) is 0 Å². The van der Waals surface area contributed by atoms with Crippen LogP contribution in [0.3, 0.4) is 0 Å². The molecule has 0 atom stereocenters. The lowest BCUT2D eigenvalue weighted by Gasteiger charge is -2.07. The van der Waals surface area contributed by atoms with Crippen molar-refractivity contribution in [3.05, 3.63) is 53.1 Å². The van der Waals surface area contributed by atoms with Crippen molar-refractivity contribution in [3.8, 4) is 0 Å². The Morgan fingerprint density at radius 3 is 2.47 bits per heavy atom. The second-order valence-corrected chi connectivity index (χ2v) is 4.76. The van der Waals surface area contributed by atoms with Gasteiger partial charge in [0.25, 0.3) is 0 Å². The highest BCUT2D eigenvalue weighted by Crippen LogP contribution is 2.24. The van der Waals surface area contributed by atoms with Gasteiger partial charge >= 0.3 is 0 Å². The maximum Gasteiger partial charge on any atom is 0.0741 e. The molecule has 0 fully saturated rings. The van der Waals surface area contributed by atoms with E-state index in [1.165, 1.54) is 27.5 Å². The minimum Gasteiger partial charge on any atom is -0.248 e. The number of benzene rings is 2. The molecule has 0 aliphatic carbocycles. The molecule has 84 valence electrons. The Morgan fingerprint density at radius 1 is 0.824 bits per heavy atom. The van der Waals surface area contributed by atoms with Gasteiger partial charge in [0, 0.05) is 10.8 Å². The van der Waals surface area contributed by atoms with Gasteiger partial charge in [-0.2, -0.15) is 0 Å². The van der Waals surface area contributed by atoms with Crippen LogP contribution < -0.4 is 0 Å². The fourth-order valence-electron chi connectivity index (χ4n) is 2.27. The van der Waals surface area contributed by atoms with E-state index in [0.717, 1.165) is 11.0 Å². The number of hydrogen-bond acceptors (Lipinski definition) is 1. The molecule has 1 heteroatoms. The molecule has 0 aliphatic rings. The van der Waals surface area contributed by atoms with E-state index in [4.69, 9.17) is 4.98 Å². The molecule has 0 saturated carbocycles. The molecule has 0 N–H and O–H groups in total. The zero-order chi connectivity index (χ0) is 12.0. The molecular weight excluding hydrogens is 206 g/mol. The van der Waals surface area contributed by atoms with Gasteiger partial charge in [-0.15, -0.1) is 0 Å². The first-order valence-corrected chi connectivity index (χ1v) is 5.92. The molecule has 0 saturated heterocycles. The molecule has 0 amide bonds. The molecule has 3 rings (SSSR count). The zero-order valence-corrected chi connectivity index (χ0v) is 10.4. The fourth-order valence-corrected chi connectivity index (χ4v) is 2.27. The van der Waals surface area contributed by atoms with Gasteiger partial charge < -0.3 is 0 Å². The standard InChI is InChI=1S/C16H15N/c1-10-4-7-15-14(8-10)9-13-6-5-11(2)12(3)16(13)17-15/h4-9H,1-3H3. The Bertz CT molecular complexity index is 726. The summed E-state index contributed by atoms with van der Waals surface area (Å²) < 4.78 is 0. The highest BCUT2D eigenvalue weighted by atomic mass is 14.7. The highest BCUT2D eigenvalue weighted by molar-refractivity contribution is 5.94. The van der Waals surface area contributed by atoms with E-state index in [-0.39, 0.29) is 0 Å². The van der Waals surface area contributed by atoms with Gasteiger partial charge in [-0.1, -0.05) is 23.8 Å². The fraction of sp³-hybridized carbons (Fsp3) is 0.188. The Morgan fingerprint density at radius 2 is 1.65 bits per heavy atom. The molecule has 17 heavy (non-hydrogen) atoms. The van der Waals surface area contributed by atoms with Crippen molar-refractivity contribution in [2.75, 3.05) is 0 Å². The first-order chi connectivity index (χ1) is 8.15. The van der Waals surface area contributed by atoms with Crippen LogP contribution in [0.4, 0.5) is 0 Å². The molecule has 1 aromatic heterocycles. The lowest BCUT2D eigenvalue weighted by atomic mass is 10.0. The third-order valence-electron chi connectivity index (χ3n) is 3.46. The third kappa shape index (κ3) is 1.59. The first-order valence-electron chi connectivity index (χ1n) is 5.92. The van der Waals surface area contributed by atoms with Crippen molar-refractivity contribution in [1.82, 2.24) is 4.98 Å². The van der Waals surface area contributed by atoms with E-state index in [1.807, 2.05) is 0 Å². The normalized spacial score (nSPS) is 11.2. The Hall–Kier alpha value is -1.89. The van der Waals surface area contributed by atoms with Crippen LogP contribution in [-0.4, -0.2) is 4.98 Å². The summed E-state index contributed by atoms with van der Waals surface area (Å²) in [6, 6.07) is 13.0. The predicted molar refractivity (Wildman–Crippen MR) is 73.5 cm³/mol. The van der Waals surface area contributed by atoms with Crippen molar-refractivity contribution in [2.24, 2.45) is 0 Å². The maximum absolute atomic E-state index is 4.78. The van der Waals surface area contributed by atoms with Crippen LogP contribution in [0.25, 0.3) is 21.8 Å². The lowest BCUT2D eigenvalue weighted by molar-refractivity contribution is 1.34. The van der Waals surface area contributed by atoms with Crippen LogP contribution in [-0.2, 0) is 0 Å². The largest absolute Gasteiger partial charge is 0.248 e. The number of hydrogen-bond donors (Lipinski definition) is 0. The zero-order valence-electron chi connectivity index (χ0n) is 10.4. The van der Waals surface area contributed by atoms with E-state index in [0.29, 0.717) is 0 Å². The maximum atomic E-state index is 4.78. The summed E-state index contributed by atoms with van der Waals surface area (Å²) in [7, 11) is 0. The van der Waals surface area contributed by atoms with Gasteiger partial charge in [0.15, 0.2) is 0 Å². The van der Waals surface area contributed by atoms with Crippen molar-refractivity contribution >= 4 is 21.8 Å². The van der Waals surface area contributed by atoms with Crippen LogP contribution >= 0.6 is 0 Å². The van der Waals surface area contributed by atoms with Crippen molar-refractivity contribution < 1.29 is 0 Å². The second kappa shape index (κ2) is 3.56. The van der Waals surface area contributed by atoms with Gasteiger partial charge in [0.1, 0.15) is 0 Å². The molecule has 2 aromatic carbocycles. The van der Waals surface area contributed by atoms with Gasteiger partial charge in [-0.25, -0.2) is 4.98 Å². The Kier molecular flexibility index (Phi) is 2.15. The van der Waals surface area contributed by atoms with Crippen LogP contribution in [0.5, 0.6) is 0 Å². The van der Waals surface area contributed by atoms with E-state index >= 15 is 0 Å². The molecule has 0 radical (unpaired) electrons. The smallest absolute Gasteiger partial charge is 0.0741 e. The Labute approximate surface area is 101 Å². The number of nitrogens with zero attached hydrogens (tertiary/aromatic N) is 1. The first kappa shape index (κ1) is 10.3. The minimum atomic E-state index is 1.08. The summed E-state index contributed by atoms with van der Waals surface area (Å²) >= 11 is 0. The quantitative estimate of drug-likeness (QED) is 0.515. The summed E-state index contributed by atoms with van der Waals surface area (Å²) in [6.45, 7) is 6.39. The van der Waals surface area contributed by atoms with Crippen molar-refractivity contribution in [3.63, 3.8) is 0 Å². The van der Waals surface area contributed by atoms with E-state index < -0.39 is 0 Å². The summed E-state index contributed by atoms with van der Waals surface area (Å²) in [5.41, 5.74) is 6.07.